The van der Waals surface area contributed by atoms with Gasteiger partial charge < -0.3 is 5.32 Å². The Labute approximate surface area is 81.0 Å². The molecule has 0 amide bonds. The Morgan fingerprint density at radius 1 is 1.58 bits per heavy atom. The van der Waals surface area contributed by atoms with Crippen LogP contribution in [0, 0.1) is 0 Å². The third kappa shape index (κ3) is 6.74. The van der Waals surface area contributed by atoms with Gasteiger partial charge in [0, 0.05) is 12.6 Å². The Hall–Kier alpha value is 0.0500. The van der Waals surface area contributed by atoms with Gasteiger partial charge in [0.15, 0.2) is 0 Å². The molecule has 1 nitrogen and oxygen atoms in total. The van der Waals surface area contributed by atoms with E-state index in [-0.39, 0.29) is 0 Å². The number of hydrogen-bond acceptors (Lipinski definition) is 2. The first-order valence-corrected chi connectivity index (χ1v) is 5.99. The van der Waals surface area contributed by atoms with E-state index in [9.17, 15) is 0 Å². The lowest BCUT2D eigenvalue weighted by Crippen LogP contribution is -2.28. The summed E-state index contributed by atoms with van der Waals surface area (Å²) < 4.78 is 0. The maximum absolute atomic E-state index is 3.96. The highest BCUT2D eigenvalue weighted by Crippen LogP contribution is 2.01. The molecule has 0 fully saturated rings. The van der Waals surface area contributed by atoms with E-state index in [1.165, 1.54) is 17.7 Å². The van der Waals surface area contributed by atoms with E-state index in [1.54, 1.807) is 0 Å². The van der Waals surface area contributed by atoms with Gasteiger partial charge in [0.25, 0.3) is 0 Å². The quantitative estimate of drug-likeness (QED) is 0.615. The number of rotatable bonds is 7. The lowest BCUT2D eigenvalue weighted by molar-refractivity contribution is 0.560. The molecule has 0 saturated heterocycles. The summed E-state index contributed by atoms with van der Waals surface area (Å²) in [6.45, 7) is 9.32. The second kappa shape index (κ2) is 7.69. The summed E-state index contributed by atoms with van der Waals surface area (Å²) in [7, 11) is 0. The third-order valence-electron chi connectivity index (χ3n) is 1.96. The molecule has 1 unspecified atom stereocenters. The molecular formula is C10H21NS. The van der Waals surface area contributed by atoms with Crippen LogP contribution < -0.4 is 5.32 Å². The van der Waals surface area contributed by atoms with E-state index in [1.807, 2.05) is 11.8 Å². The number of nitrogens with one attached hydrogen (secondary N) is 1. The van der Waals surface area contributed by atoms with Crippen LogP contribution in [0.3, 0.4) is 0 Å². The molecule has 0 aromatic heterocycles. The number of hydrogen-bond donors (Lipinski definition) is 1. The molecule has 0 spiro atoms. The maximum atomic E-state index is 3.96. The highest BCUT2D eigenvalue weighted by molar-refractivity contribution is 7.98. The molecule has 0 rings (SSSR count). The summed E-state index contributed by atoms with van der Waals surface area (Å²) in [5.41, 5.74) is 1.30. The minimum Gasteiger partial charge on any atom is -0.311 e. The zero-order valence-electron chi connectivity index (χ0n) is 8.52. The van der Waals surface area contributed by atoms with Crippen LogP contribution in [-0.4, -0.2) is 24.6 Å². The molecule has 0 bridgehead atoms. The fourth-order valence-corrected chi connectivity index (χ4v) is 1.43. The van der Waals surface area contributed by atoms with Crippen molar-refractivity contribution >= 4 is 11.8 Å². The van der Waals surface area contributed by atoms with E-state index in [0.29, 0.717) is 6.04 Å². The summed E-state index contributed by atoms with van der Waals surface area (Å²) in [6.07, 6.45) is 4.48. The van der Waals surface area contributed by atoms with E-state index >= 15 is 0 Å². The normalized spacial score (nSPS) is 12.9. The van der Waals surface area contributed by atoms with Crippen molar-refractivity contribution < 1.29 is 0 Å². The molecule has 2 heteroatoms. The minimum absolute atomic E-state index is 0.626. The Morgan fingerprint density at radius 3 is 2.75 bits per heavy atom. The predicted octanol–water partition coefficient (Wildman–Crippen LogP) is 2.68. The van der Waals surface area contributed by atoms with Gasteiger partial charge in [-0.2, -0.15) is 11.8 Å². The van der Waals surface area contributed by atoms with Crippen molar-refractivity contribution in [3.8, 4) is 0 Å². The minimum atomic E-state index is 0.626. The van der Waals surface area contributed by atoms with Crippen LogP contribution in [0.5, 0.6) is 0 Å². The average Bonchev–Trinajstić information content (AvgIpc) is 2.10. The third-order valence-corrected chi connectivity index (χ3v) is 2.60. The van der Waals surface area contributed by atoms with Gasteiger partial charge in [0.05, 0.1) is 0 Å². The van der Waals surface area contributed by atoms with Crippen LogP contribution in [0.2, 0.25) is 0 Å². The zero-order valence-corrected chi connectivity index (χ0v) is 9.34. The van der Waals surface area contributed by atoms with Gasteiger partial charge in [0.2, 0.25) is 0 Å². The van der Waals surface area contributed by atoms with Gasteiger partial charge in [-0.15, -0.1) is 0 Å². The summed E-state index contributed by atoms with van der Waals surface area (Å²) in [4.78, 5) is 0. The van der Waals surface area contributed by atoms with Crippen LogP contribution in [0.4, 0.5) is 0 Å². The molecule has 0 heterocycles. The van der Waals surface area contributed by atoms with Gasteiger partial charge in [-0.1, -0.05) is 19.1 Å². The molecule has 0 aliphatic rings. The molecule has 0 radical (unpaired) electrons. The van der Waals surface area contributed by atoms with E-state index in [2.05, 4.69) is 32.0 Å². The van der Waals surface area contributed by atoms with Crippen molar-refractivity contribution in [2.75, 3.05) is 18.6 Å². The molecule has 1 atom stereocenters. The lowest BCUT2D eigenvalue weighted by atomic mass is 10.2. The molecule has 0 aromatic rings. The van der Waals surface area contributed by atoms with E-state index in [4.69, 9.17) is 0 Å². The van der Waals surface area contributed by atoms with Crippen LogP contribution in [0.25, 0.3) is 0 Å². The highest BCUT2D eigenvalue weighted by Gasteiger charge is 1.99. The van der Waals surface area contributed by atoms with Crippen molar-refractivity contribution in [1.82, 2.24) is 5.32 Å². The highest BCUT2D eigenvalue weighted by atomic mass is 32.2. The topological polar surface area (TPSA) is 12.0 Å². The second-order valence-electron chi connectivity index (χ2n) is 3.17. The van der Waals surface area contributed by atoms with E-state index in [0.717, 1.165) is 13.0 Å². The standard InChI is InChI=1S/C10H21NS/c1-5-9(2)8-11-10(3)6-7-12-4/h10-11H,2,5-8H2,1,3-4H3. The van der Waals surface area contributed by atoms with Gasteiger partial charge in [-0.25, -0.2) is 0 Å². The van der Waals surface area contributed by atoms with Gasteiger partial charge in [0.1, 0.15) is 0 Å². The molecule has 72 valence electrons. The monoisotopic (exact) mass is 187 g/mol. The summed E-state index contributed by atoms with van der Waals surface area (Å²) >= 11 is 1.91. The molecule has 12 heavy (non-hydrogen) atoms. The summed E-state index contributed by atoms with van der Waals surface area (Å²) in [6, 6.07) is 0.626. The van der Waals surface area contributed by atoms with Crippen LogP contribution in [0.1, 0.15) is 26.7 Å². The first-order chi connectivity index (χ1) is 5.70. The van der Waals surface area contributed by atoms with Crippen molar-refractivity contribution in [2.24, 2.45) is 0 Å². The predicted molar refractivity (Wildman–Crippen MR) is 59.9 cm³/mol. The Bertz CT molecular complexity index is 123. The van der Waals surface area contributed by atoms with Gasteiger partial charge >= 0.3 is 0 Å². The fraction of sp³-hybridized carbons (Fsp3) is 0.800. The van der Waals surface area contributed by atoms with Crippen molar-refractivity contribution in [3.05, 3.63) is 12.2 Å². The van der Waals surface area contributed by atoms with E-state index < -0.39 is 0 Å². The van der Waals surface area contributed by atoms with Crippen molar-refractivity contribution in [1.29, 1.82) is 0 Å². The molecule has 0 aliphatic heterocycles. The molecule has 0 aromatic carbocycles. The summed E-state index contributed by atoms with van der Waals surface area (Å²) in [5.74, 6) is 1.24. The lowest BCUT2D eigenvalue weighted by Gasteiger charge is -2.13. The van der Waals surface area contributed by atoms with Crippen LogP contribution in [0.15, 0.2) is 12.2 Å². The van der Waals surface area contributed by atoms with Crippen LogP contribution in [-0.2, 0) is 0 Å². The Morgan fingerprint density at radius 2 is 2.25 bits per heavy atom. The number of thioether (sulfide) groups is 1. The fourth-order valence-electron chi connectivity index (χ4n) is 0.840. The summed E-state index contributed by atoms with van der Waals surface area (Å²) in [5, 5.41) is 3.46. The molecule has 0 aliphatic carbocycles. The largest absolute Gasteiger partial charge is 0.311 e. The average molecular weight is 187 g/mol. The maximum Gasteiger partial charge on any atom is 0.0164 e. The van der Waals surface area contributed by atoms with Crippen molar-refractivity contribution in [3.63, 3.8) is 0 Å². The van der Waals surface area contributed by atoms with Gasteiger partial charge in [-0.3, -0.25) is 0 Å². The van der Waals surface area contributed by atoms with Crippen LogP contribution >= 0.6 is 11.8 Å². The SMILES string of the molecule is C=C(CC)CNC(C)CCSC. The van der Waals surface area contributed by atoms with Gasteiger partial charge in [-0.05, 0) is 31.8 Å². The Kier molecular flexibility index (Phi) is 7.72. The zero-order chi connectivity index (χ0) is 9.40. The molecule has 0 saturated carbocycles. The Balaban J connectivity index is 3.30. The first kappa shape index (κ1) is 12.0. The van der Waals surface area contributed by atoms with Crippen molar-refractivity contribution in [2.45, 2.75) is 32.7 Å². The molecular weight excluding hydrogens is 166 g/mol. The smallest absolute Gasteiger partial charge is 0.0164 e. The first-order valence-electron chi connectivity index (χ1n) is 4.59. The molecule has 1 N–H and O–H groups in total. The second-order valence-corrected chi connectivity index (χ2v) is 4.15.